The first-order chi connectivity index (χ1) is 10.0. The van der Waals surface area contributed by atoms with Gasteiger partial charge in [-0.1, -0.05) is 12.1 Å². The second-order valence-corrected chi connectivity index (χ2v) is 4.07. The topological polar surface area (TPSA) is 110 Å². The molecule has 2 rings (SSSR count). The lowest BCUT2D eigenvalue weighted by atomic mass is 10.1. The van der Waals surface area contributed by atoms with E-state index < -0.39 is 22.3 Å². The smallest absolute Gasteiger partial charge is 0.282 e. The Morgan fingerprint density at radius 2 is 1.95 bits per heavy atom. The minimum Gasteiger partial charge on any atom is -0.324 e. The number of nitrogens with two attached hydrogens (primary N) is 1. The molecule has 0 aliphatic rings. The number of hydrogen-bond acceptors (Lipinski definition) is 5. The molecule has 0 saturated carbocycles. The van der Waals surface area contributed by atoms with E-state index in [1.165, 1.54) is 36.4 Å². The molecule has 2 aromatic carbocycles. The molecule has 0 unspecified atom stereocenters. The van der Waals surface area contributed by atoms with Gasteiger partial charge in [-0.15, -0.1) is 0 Å². The lowest BCUT2D eigenvalue weighted by molar-refractivity contribution is -0.385. The van der Waals surface area contributed by atoms with Crippen molar-refractivity contribution in [2.75, 3.05) is 10.7 Å². The van der Waals surface area contributed by atoms with E-state index in [1.54, 1.807) is 0 Å². The number of nitrogens with zero attached hydrogens (tertiary/aromatic N) is 1. The van der Waals surface area contributed by atoms with E-state index >= 15 is 0 Å². The third-order valence-electron chi connectivity index (χ3n) is 2.73. The number of anilines is 2. The van der Waals surface area contributed by atoms with Gasteiger partial charge in [-0.05, 0) is 24.3 Å². The average Bonchev–Trinajstić information content (AvgIpc) is 2.48. The van der Waals surface area contributed by atoms with Crippen LogP contribution in [0.2, 0.25) is 0 Å². The number of amides is 1. The third-order valence-corrected chi connectivity index (χ3v) is 2.73. The van der Waals surface area contributed by atoms with Gasteiger partial charge in [0, 0.05) is 11.8 Å². The summed E-state index contributed by atoms with van der Waals surface area (Å²) in [5.74, 6) is 3.77. The summed E-state index contributed by atoms with van der Waals surface area (Å²) in [7, 11) is 0. The number of nitrogens with one attached hydrogen (secondary N) is 2. The molecule has 0 fully saturated rings. The fourth-order valence-electron chi connectivity index (χ4n) is 1.72. The van der Waals surface area contributed by atoms with Gasteiger partial charge in [0.05, 0.1) is 10.6 Å². The standard InChI is InChI=1S/C13H11FN4O3/c14-10-3-1-2-4-11(10)16-13(19)9-7-8(17-15)5-6-12(9)18(20)21/h1-7,17H,15H2,(H,16,19). The van der Waals surface area contributed by atoms with Gasteiger partial charge in [0.2, 0.25) is 0 Å². The Morgan fingerprint density at radius 1 is 1.24 bits per heavy atom. The molecule has 0 aliphatic heterocycles. The summed E-state index contributed by atoms with van der Waals surface area (Å²) in [6.07, 6.45) is 0. The zero-order valence-corrected chi connectivity index (χ0v) is 10.7. The Morgan fingerprint density at radius 3 is 2.57 bits per heavy atom. The molecule has 1 amide bonds. The summed E-state index contributed by atoms with van der Waals surface area (Å²) in [5, 5.41) is 13.2. The van der Waals surface area contributed by atoms with Gasteiger partial charge in [-0.3, -0.25) is 20.8 Å². The molecule has 7 nitrogen and oxygen atoms in total. The maximum Gasteiger partial charge on any atom is 0.282 e. The first kappa shape index (κ1) is 14.4. The van der Waals surface area contributed by atoms with Crippen LogP contribution in [0.25, 0.3) is 0 Å². The first-order valence-electron chi connectivity index (χ1n) is 5.84. The summed E-state index contributed by atoms with van der Waals surface area (Å²) in [4.78, 5) is 22.4. The van der Waals surface area contributed by atoms with Crippen LogP contribution in [0.3, 0.4) is 0 Å². The molecule has 108 valence electrons. The fraction of sp³-hybridized carbons (Fsp3) is 0. The van der Waals surface area contributed by atoms with Gasteiger partial charge < -0.3 is 10.7 Å². The lowest BCUT2D eigenvalue weighted by Gasteiger charge is -2.08. The molecule has 4 N–H and O–H groups in total. The number of nitro groups is 1. The highest BCUT2D eigenvalue weighted by molar-refractivity contribution is 6.07. The molecule has 21 heavy (non-hydrogen) atoms. The van der Waals surface area contributed by atoms with Gasteiger partial charge in [0.25, 0.3) is 11.6 Å². The second kappa shape index (κ2) is 5.97. The Balaban J connectivity index is 2.38. The van der Waals surface area contributed by atoms with E-state index in [4.69, 9.17) is 5.84 Å². The molecule has 0 spiro atoms. The number of hydrogen-bond donors (Lipinski definition) is 3. The number of hydrazine groups is 1. The zero-order valence-electron chi connectivity index (χ0n) is 10.7. The SMILES string of the molecule is NNc1ccc([N+](=O)[O-])c(C(=O)Nc2ccccc2F)c1. The Bertz CT molecular complexity index is 706. The number of benzene rings is 2. The molecule has 0 radical (unpaired) electrons. The molecule has 2 aromatic rings. The number of rotatable bonds is 4. The van der Waals surface area contributed by atoms with Crippen LogP contribution in [0.15, 0.2) is 42.5 Å². The summed E-state index contributed by atoms with van der Waals surface area (Å²) in [6.45, 7) is 0. The molecular weight excluding hydrogens is 279 g/mol. The fourth-order valence-corrected chi connectivity index (χ4v) is 1.72. The summed E-state index contributed by atoms with van der Waals surface area (Å²) >= 11 is 0. The minimum absolute atomic E-state index is 0.0668. The van der Waals surface area contributed by atoms with Crippen LogP contribution in [0.4, 0.5) is 21.5 Å². The van der Waals surface area contributed by atoms with Crippen molar-refractivity contribution in [3.63, 3.8) is 0 Å². The van der Waals surface area contributed by atoms with Crippen LogP contribution in [0, 0.1) is 15.9 Å². The van der Waals surface area contributed by atoms with Crippen molar-refractivity contribution >= 4 is 23.0 Å². The maximum atomic E-state index is 13.5. The third kappa shape index (κ3) is 3.12. The highest BCUT2D eigenvalue weighted by atomic mass is 19.1. The average molecular weight is 290 g/mol. The van der Waals surface area contributed by atoms with Crippen molar-refractivity contribution in [1.29, 1.82) is 0 Å². The maximum absolute atomic E-state index is 13.5. The molecule has 0 saturated heterocycles. The van der Waals surface area contributed by atoms with Crippen LogP contribution in [-0.2, 0) is 0 Å². The van der Waals surface area contributed by atoms with E-state index in [2.05, 4.69) is 10.7 Å². The largest absolute Gasteiger partial charge is 0.324 e. The van der Waals surface area contributed by atoms with E-state index in [1.807, 2.05) is 0 Å². The van der Waals surface area contributed by atoms with Gasteiger partial charge >= 0.3 is 0 Å². The number of nitrogen functional groups attached to an aromatic ring is 1. The predicted molar refractivity (Wildman–Crippen MR) is 75.3 cm³/mol. The number of nitro benzene ring substituents is 1. The van der Waals surface area contributed by atoms with Gasteiger partial charge in [-0.25, -0.2) is 4.39 Å². The van der Waals surface area contributed by atoms with Gasteiger partial charge in [-0.2, -0.15) is 0 Å². The quantitative estimate of drug-likeness (QED) is 0.454. The second-order valence-electron chi connectivity index (χ2n) is 4.07. The van der Waals surface area contributed by atoms with Crippen molar-refractivity contribution in [3.8, 4) is 0 Å². The molecule has 0 heterocycles. The van der Waals surface area contributed by atoms with Gasteiger partial charge in [0.15, 0.2) is 0 Å². The number of halogens is 1. The minimum atomic E-state index is -0.802. The molecule has 0 aromatic heterocycles. The van der Waals surface area contributed by atoms with Crippen molar-refractivity contribution in [2.24, 2.45) is 5.84 Å². The van der Waals surface area contributed by atoms with Crippen molar-refractivity contribution in [1.82, 2.24) is 0 Å². The number of carbonyl (C=O) groups excluding carboxylic acids is 1. The molecular formula is C13H11FN4O3. The highest BCUT2D eigenvalue weighted by Gasteiger charge is 2.21. The van der Waals surface area contributed by atoms with E-state index in [0.29, 0.717) is 5.69 Å². The Labute approximate surface area is 118 Å². The van der Waals surface area contributed by atoms with E-state index in [-0.39, 0.29) is 11.3 Å². The van der Waals surface area contributed by atoms with Crippen LogP contribution >= 0.6 is 0 Å². The summed E-state index contributed by atoms with van der Waals surface area (Å²) < 4.78 is 13.5. The highest BCUT2D eigenvalue weighted by Crippen LogP contribution is 2.24. The monoisotopic (exact) mass is 290 g/mol. The Hall–Kier alpha value is -3.00. The molecule has 8 heteroatoms. The van der Waals surface area contributed by atoms with Crippen LogP contribution in [0.5, 0.6) is 0 Å². The van der Waals surface area contributed by atoms with Crippen molar-refractivity contribution in [2.45, 2.75) is 0 Å². The van der Waals surface area contributed by atoms with Gasteiger partial charge in [0.1, 0.15) is 11.4 Å². The van der Waals surface area contributed by atoms with Crippen LogP contribution < -0.4 is 16.6 Å². The van der Waals surface area contributed by atoms with Crippen LogP contribution in [-0.4, -0.2) is 10.8 Å². The van der Waals surface area contributed by atoms with Crippen LogP contribution in [0.1, 0.15) is 10.4 Å². The number of para-hydroxylation sites is 1. The number of carbonyl (C=O) groups is 1. The van der Waals surface area contributed by atoms with Crippen molar-refractivity contribution < 1.29 is 14.1 Å². The predicted octanol–water partition coefficient (Wildman–Crippen LogP) is 2.27. The molecule has 0 aliphatic carbocycles. The summed E-state index contributed by atoms with van der Waals surface area (Å²) in [6, 6.07) is 9.24. The lowest BCUT2D eigenvalue weighted by Crippen LogP contribution is -2.16. The Kier molecular flexibility index (Phi) is 4.10. The zero-order chi connectivity index (χ0) is 15.4. The summed E-state index contributed by atoms with van der Waals surface area (Å²) in [5.41, 5.74) is 1.92. The normalized spacial score (nSPS) is 10.0. The van der Waals surface area contributed by atoms with Crippen molar-refractivity contribution in [3.05, 3.63) is 64.0 Å². The molecule has 0 atom stereocenters. The first-order valence-corrected chi connectivity index (χ1v) is 5.84. The van der Waals surface area contributed by atoms with E-state index in [0.717, 1.165) is 6.07 Å². The van der Waals surface area contributed by atoms with E-state index in [9.17, 15) is 19.3 Å². The molecule has 0 bridgehead atoms.